The summed E-state index contributed by atoms with van der Waals surface area (Å²) in [5, 5.41) is 3.19. The molecule has 1 saturated heterocycles. The maximum absolute atomic E-state index is 12.1. The van der Waals surface area contributed by atoms with E-state index in [2.05, 4.69) is 5.32 Å². The number of carbonyl (C=O) groups is 2. The van der Waals surface area contributed by atoms with Gasteiger partial charge in [-0.2, -0.15) is 0 Å². The van der Waals surface area contributed by atoms with Crippen LogP contribution in [0.3, 0.4) is 0 Å². The molecule has 1 aliphatic heterocycles. The number of nitrogens with zero attached hydrogens (tertiary/aromatic N) is 2. The SMILES string of the molecule is CC(C)(C)NCC(=O)N1CCN(C(=O)OC(C)(C)C)CC1. The first-order chi connectivity index (χ1) is 9.48. The van der Waals surface area contributed by atoms with Crippen molar-refractivity contribution in [3.63, 3.8) is 0 Å². The zero-order valence-corrected chi connectivity index (χ0v) is 14.2. The van der Waals surface area contributed by atoms with Crippen LogP contribution in [0.25, 0.3) is 0 Å². The Bertz CT molecular complexity index is 375. The third kappa shape index (κ3) is 6.80. The van der Waals surface area contributed by atoms with Crippen molar-refractivity contribution in [3.8, 4) is 0 Å². The first-order valence-electron chi connectivity index (χ1n) is 7.49. The summed E-state index contributed by atoms with van der Waals surface area (Å²) in [6, 6.07) is 0. The highest BCUT2D eigenvalue weighted by Gasteiger charge is 2.27. The molecule has 1 fully saturated rings. The molecule has 6 nitrogen and oxygen atoms in total. The van der Waals surface area contributed by atoms with Crippen molar-refractivity contribution < 1.29 is 14.3 Å². The summed E-state index contributed by atoms with van der Waals surface area (Å²) in [4.78, 5) is 27.5. The van der Waals surface area contributed by atoms with E-state index in [1.807, 2.05) is 41.5 Å². The molecule has 0 aromatic rings. The standard InChI is InChI=1S/C15H29N3O3/c1-14(2,3)16-11-12(19)17-7-9-18(10-8-17)13(20)21-15(4,5)6/h16H,7-11H2,1-6H3. The van der Waals surface area contributed by atoms with Crippen LogP contribution in [0.15, 0.2) is 0 Å². The smallest absolute Gasteiger partial charge is 0.410 e. The molecule has 0 bridgehead atoms. The van der Waals surface area contributed by atoms with Crippen molar-refractivity contribution in [1.82, 2.24) is 15.1 Å². The largest absolute Gasteiger partial charge is 0.444 e. The lowest BCUT2D eigenvalue weighted by molar-refractivity contribution is -0.132. The topological polar surface area (TPSA) is 61.9 Å². The van der Waals surface area contributed by atoms with E-state index in [9.17, 15) is 9.59 Å². The van der Waals surface area contributed by atoms with Gasteiger partial charge >= 0.3 is 6.09 Å². The van der Waals surface area contributed by atoms with E-state index in [4.69, 9.17) is 4.74 Å². The van der Waals surface area contributed by atoms with Crippen molar-refractivity contribution in [1.29, 1.82) is 0 Å². The highest BCUT2D eigenvalue weighted by molar-refractivity contribution is 5.78. The molecule has 0 spiro atoms. The minimum absolute atomic E-state index is 0.0754. The number of nitrogens with one attached hydrogen (secondary N) is 1. The Hall–Kier alpha value is -1.30. The second-order valence-corrected chi connectivity index (χ2v) is 7.45. The van der Waals surface area contributed by atoms with Crippen molar-refractivity contribution in [2.24, 2.45) is 0 Å². The molecule has 21 heavy (non-hydrogen) atoms. The number of ether oxygens (including phenoxy) is 1. The number of piperazine rings is 1. The van der Waals surface area contributed by atoms with Crippen molar-refractivity contribution in [3.05, 3.63) is 0 Å². The molecule has 0 aliphatic carbocycles. The molecule has 0 aromatic carbocycles. The Morgan fingerprint density at radius 3 is 1.86 bits per heavy atom. The molecule has 2 amide bonds. The van der Waals surface area contributed by atoms with E-state index in [-0.39, 0.29) is 17.5 Å². The van der Waals surface area contributed by atoms with Gasteiger partial charge in [-0.25, -0.2) is 4.79 Å². The van der Waals surface area contributed by atoms with Gasteiger partial charge in [-0.15, -0.1) is 0 Å². The number of hydrogen-bond acceptors (Lipinski definition) is 4. The maximum atomic E-state index is 12.1. The normalized spacial score (nSPS) is 16.9. The lowest BCUT2D eigenvalue weighted by Crippen LogP contribution is -2.54. The van der Waals surface area contributed by atoms with E-state index in [1.54, 1.807) is 9.80 Å². The Morgan fingerprint density at radius 1 is 0.952 bits per heavy atom. The highest BCUT2D eigenvalue weighted by atomic mass is 16.6. The predicted molar refractivity (Wildman–Crippen MR) is 82.1 cm³/mol. The summed E-state index contributed by atoms with van der Waals surface area (Å²) in [7, 11) is 0. The number of amides is 2. The molecule has 0 radical (unpaired) electrons. The van der Waals surface area contributed by atoms with Crippen LogP contribution in [-0.4, -0.2) is 65.7 Å². The Balaban J connectivity index is 2.38. The molecular weight excluding hydrogens is 270 g/mol. The molecule has 1 N–H and O–H groups in total. The zero-order valence-electron chi connectivity index (χ0n) is 14.2. The monoisotopic (exact) mass is 299 g/mol. The number of carbonyl (C=O) groups excluding carboxylic acids is 2. The zero-order chi connectivity index (χ0) is 16.3. The van der Waals surface area contributed by atoms with Crippen LogP contribution in [0.1, 0.15) is 41.5 Å². The van der Waals surface area contributed by atoms with Gasteiger partial charge in [0.2, 0.25) is 5.91 Å². The molecule has 0 aromatic heterocycles. The highest BCUT2D eigenvalue weighted by Crippen LogP contribution is 2.12. The van der Waals surface area contributed by atoms with Crippen LogP contribution in [0.5, 0.6) is 0 Å². The molecular formula is C15H29N3O3. The van der Waals surface area contributed by atoms with E-state index in [1.165, 1.54) is 0 Å². The Morgan fingerprint density at radius 2 is 1.43 bits per heavy atom. The van der Waals surface area contributed by atoms with Crippen molar-refractivity contribution in [2.75, 3.05) is 32.7 Å². The lowest BCUT2D eigenvalue weighted by atomic mass is 10.1. The molecule has 0 atom stereocenters. The lowest BCUT2D eigenvalue weighted by Gasteiger charge is -2.36. The van der Waals surface area contributed by atoms with E-state index in [0.717, 1.165) is 0 Å². The van der Waals surface area contributed by atoms with Gasteiger partial charge in [0, 0.05) is 31.7 Å². The van der Waals surface area contributed by atoms with Gasteiger partial charge < -0.3 is 19.9 Å². The average molecular weight is 299 g/mol. The number of rotatable bonds is 2. The summed E-state index contributed by atoms with van der Waals surface area (Å²) < 4.78 is 5.34. The van der Waals surface area contributed by atoms with Crippen molar-refractivity contribution in [2.45, 2.75) is 52.7 Å². The van der Waals surface area contributed by atoms with Gasteiger partial charge in [0.15, 0.2) is 0 Å². The summed E-state index contributed by atoms with van der Waals surface area (Å²) in [6.45, 7) is 14.1. The summed E-state index contributed by atoms with van der Waals surface area (Å²) in [5.41, 5.74) is -0.561. The van der Waals surface area contributed by atoms with Crippen LogP contribution in [0.4, 0.5) is 4.79 Å². The molecule has 1 aliphatic rings. The molecule has 122 valence electrons. The van der Waals surface area contributed by atoms with E-state index >= 15 is 0 Å². The molecule has 6 heteroatoms. The van der Waals surface area contributed by atoms with Gasteiger partial charge in [0.05, 0.1) is 6.54 Å². The first-order valence-corrected chi connectivity index (χ1v) is 7.49. The van der Waals surface area contributed by atoms with Gasteiger partial charge in [-0.3, -0.25) is 4.79 Å². The van der Waals surface area contributed by atoms with Crippen LogP contribution in [-0.2, 0) is 9.53 Å². The van der Waals surface area contributed by atoms with Gasteiger partial charge in [0.1, 0.15) is 5.60 Å². The van der Waals surface area contributed by atoms with E-state index < -0.39 is 5.60 Å². The Kier molecular flexibility index (Phi) is 5.61. The van der Waals surface area contributed by atoms with Gasteiger partial charge in [0.25, 0.3) is 0 Å². The summed E-state index contributed by atoms with van der Waals surface area (Å²) in [5.74, 6) is 0.0776. The fourth-order valence-corrected chi connectivity index (χ4v) is 1.92. The first kappa shape index (κ1) is 17.8. The maximum Gasteiger partial charge on any atom is 0.410 e. The Labute approximate surface area is 127 Å². The molecule has 1 rings (SSSR count). The van der Waals surface area contributed by atoms with Crippen LogP contribution < -0.4 is 5.32 Å². The third-order valence-corrected chi connectivity index (χ3v) is 3.05. The second-order valence-electron chi connectivity index (χ2n) is 7.45. The van der Waals surface area contributed by atoms with Crippen molar-refractivity contribution >= 4 is 12.0 Å². The molecule has 0 saturated carbocycles. The second kappa shape index (κ2) is 6.64. The fourth-order valence-electron chi connectivity index (χ4n) is 1.92. The third-order valence-electron chi connectivity index (χ3n) is 3.05. The predicted octanol–water partition coefficient (Wildman–Crippen LogP) is 1.45. The molecule has 0 unspecified atom stereocenters. The summed E-state index contributed by atoms with van der Waals surface area (Å²) >= 11 is 0. The average Bonchev–Trinajstić information content (AvgIpc) is 2.33. The fraction of sp³-hybridized carbons (Fsp3) is 0.867. The van der Waals surface area contributed by atoms with Crippen LogP contribution in [0, 0.1) is 0 Å². The number of hydrogen-bond donors (Lipinski definition) is 1. The van der Waals surface area contributed by atoms with Crippen LogP contribution in [0.2, 0.25) is 0 Å². The molecule has 1 heterocycles. The van der Waals surface area contributed by atoms with Gasteiger partial charge in [-0.05, 0) is 41.5 Å². The quantitative estimate of drug-likeness (QED) is 0.838. The van der Waals surface area contributed by atoms with Crippen LogP contribution >= 0.6 is 0 Å². The minimum Gasteiger partial charge on any atom is -0.444 e. The minimum atomic E-state index is -0.485. The van der Waals surface area contributed by atoms with E-state index in [0.29, 0.717) is 32.7 Å². The van der Waals surface area contributed by atoms with Gasteiger partial charge in [-0.1, -0.05) is 0 Å². The summed E-state index contributed by atoms with van der Waals surface area (Å²) in [6.07, 6.45) is -0.303.